The molecule has 1 N–H and O–H groups in total. The van der Waals surface area contributed by atoms with Crippen molar-refractivity contribution in [3.63, 3.8) is 0 Å². The van der Waals surface area contributed by atoms with Crippen LogP contribution in [-0.4, -0.2) is 36.8 Å². The van der Waals surface area contributed by atoms with E-state index in [4.69, 9.17) is 9.47 Å². The van der Waals surface area contributed by atoms with Crippen molar-refractivity contribution in [3.05, 3.63) is 42.5 Å². The van der Waals surface area contributed by atoms with Gasteiger partial charge in [0.25, 0.3) is 5.92 Å². The minimum absolute atomic E-state index is 0.0413. The van der Waals surface area contributed by atoms with Crippen LogP contribution >= 0.6 is 0 Å². The second kappa shape index (κ2) is 7.17. The van der Waals surface area contributed by atoms with Gasteiger partial charge in [-0.05, 0) is 18.1 Å². The van der Waals surface area contributed by atoms with Gasteiger partial charge in [-0.2, -0.15) is 8.78 Å². The summed E-state index contributed by atoms with van der Waals surface area (Å²) in [4.78, 5) is 12.0. The topological polar surface area (TPSA) is 50.8 Å². The van der Waals surface area contributed by atoms with E-state index in [9.17, 15) is 13.6 Å². The fourth-order valence-corrected chi connectivity index (χ4v) is 2.60. The van der Waals surface area contributed by atoms with Crippen LogP contribution in [0.1, 0.15) is 25.5 Å². The first-order chi connectivity index (χ1) is 11.3. The molecule has 0 aromatic heterocycles. The number of carbonyl (C=O) groups excluding carboxylic acids is 1. The molecule has 24 heavy (non-hydrogen) atoms. The van der Waals surface area contributed by atoms with Gasteiger partial charge in [-0.25, -0.2) is 15.2 Å². The van der Waals surface area contributed by atoms with Gasteiger partial charge in [0.15, 0.2) is 0 Å². The minimum Gasteiger partial charge on any atom is -0.496 e. The number of halogens is 2. The normalized spacial score (nSPS) is 19.3. The number of hydrazine groups is 1. The number of alkyl halides is 2. The lowest BCUT2D eigenvalue weighted by molar-refractivity contribution is -0.0196. The summed E-state index contributed by atoms with van der Waals surface area (Å²) < 4.78 is 39.2. The van der Waals surface area contributed by atoms with Crippen LogP contribution in [0.25, 0.3) is 0 Å². The van der Waals surface area contributed by atoms with Crippen LogP contribution in [0.5, 0.6) is 5.75 Å². The molecule has 0 aliphatic carbocycles. The quantitative estimate of drug-likeness (QED) is 0.772. The van der Waals surface area contributed by atoms with Crippen molar-refractivity contribution in [2.45, 2.75) is 31.9 Å². The van der Waals surface area contributed by atoms with Gasteiger partial charge in [-0.1, -0.05) is 38.6 Å². The van der Waals surface area contributed by atoms with Crippen molar-refractivity contribution < 1.29 is 23.0 Å². The molecule has 1 aliphatic heterocycles. The molecule has 1 aromatic carbocycles. The molecule has 0 spiro atoms. The van der Waals surface area contributed by atoms with Crippen LogP contribution in [0, 0.1) is 5.92 Å². The van der Waals surface area contributed by atoms with Crippen LogP contribution in [0.2, 0.25) is 0 Å². The Kier molecular flexibility index (Phi) is 5.43. The summed E-state index contributed by atoms with van der Waals surface area (Å²) >= 11 is 0. The zero-order valence-electron chi connectivity index (χ0n) is 14.0. The smallest absolute Gasteiger partial charge is 0.424 e. The lowest BCUT2D eigenvalue weighted by atomic mass is 9.99. The lowest BCUT2D eigenvalue weighted by Gasteiger charge is -2.33. The first-order valence-corrected chi connectivity index (χ1v) is 7.68. The highest BCUT2D eigenvalue weighted by Crippen LogP contribution is 2.38. The Bertz CT molecular complexity index is 607. The van der Waals surface area contributed by atoms with Gasteiger partial charge < -0.3 is 9.47 Å². The van der Waals surface area contributed by atoms with Crippen molar-refractivity contribution in [2.75, 3.05) is 13.7 Å². The van der Waals surface area contributed by atoms with E-state index in [0.29, 0.717) is 11.8 Å². The van der Waals surface area contributed by atoms with E-state index in [0.717, 1.165) is 5.01 Å². The molecular weight excluding hydrogens is 318 g/mol. The number of ether oxygens (including phenoxy) is 2. The number of methoxy groups -OCH3 is 1. The Morgan fingerprint density at radius 1 is 1.46 bits per heavy atom. The van der Waals surface area contributed by atoms with Crippen molar-refractivity contribution in [2.24, 2.45) is 5.92 Å². The molecule has 1 saturated heterocycles. The SMILES string of the molecule is C=CC(F)(F)[C@H](NN1C(=O)OC[C@@H]1C(C)C)c1ccccc1OC. The summed E-state index contributed by atoms with van der Waals surface area (Å²) in [6.45, 7) is 7.16. The average Bonchev–Trinajstić information content (AvgIpc) is 2.93. The number of cyclic esters (lactones) is 1. The molecule has 1 heterocycles. The Morgan fingerprint density at radius 2 is 2.12 bits per heavy atom. The van der Waals surface area contributed by atoms with Crippen LogP contribution in [-0.2, 0) is 4.74 Å². The standard InChI is InChI=1S/C17H22F2N2O3/c1-5-17(18,19)15(12-8-6-7-9-14(12)23-4)20-21-13(11(2)3)10-24-16(21)22/h5-9,11,13,15,20H,1,10H2,2-4H3/t13-,15-/m1/s1. The molecule has 2 rings (SSSR count). The maximum Gasteiger partial charge on any atom is 0.424 e. The molecular formula is C17H22F2N2O3. The molecule has 1 aromatic rings. The Hall–Kier alpha value is -2.15. The van der Waals surface area contributed by atoms with E-state index in [1.165, 1.54) is 13.2 Å². The molecule has 132 valence electrons. The van der Waals surface area contributed by atoms with Crippen molar-refractivity contribution >= 4 is 6.09 Å². The maximum absolute atomic E-state index is 14.5. The van der Waals surface area contributed by atoms with Crippen LogP contribution in [0.15, 0.2) is 36.9 Å². The van der Waals surface area contributed by atoms with Gasteiger partial charge in [0.05, 0.1) is 13.2 Å². The summed E-state index contributed by atoms with van der Waals surface area (Å²) in [5.41, 5.74) is 2.87. The zero-order valence-corrected chi connectivity index (χ0v) is 14.0. The van der Waals surface area contributed by atoms with Crippen molar-refractivity contribution in [1.29, 1.82) is 0 Å². The summed E-state index contributed by atoms with van der Waals surface area (Å²) in [6, 6.07) is 4.58. The predicted octanol–water partition coefficient (Wildman–Crippen LogP) is 3.54. The first-order valence-electron chi connectivity index (χ1n) is 7.68. The van der Waals surface area contributed by atoms with Crippen molar-refractivity contribution in [1.82, 2.24) is 10.4 Å². The van der Waals surface area contributed by atoms with Gasteiger partial charge in [-0.3, -0.25) is 0 Å². The first kappa shape index (κ1) is 18.2. The fraction of sp³-hybridized carbons (Fsp3) is 0.471. The van der Waals surface area contributed by atoms with E-state index in [1.54, 1.807) is 18.2 Å². The number of para-hydroxylation sites is 1. The predicted molar refractivity (Wildman–Crippen MR) is 85.8 cm³/mol. The van der Waals surface area contributed by atoms with E-state index in [1.807, 2.05) is 13.8 Å². The zero-order chi connectivity index (χ0) is 17.9. The number of amides is 1. The Labute approximate surface area is 140 Å². The van der Waals surface area contributed by atoms with Crippen molar-refractivity contribution in [3.8, 4) is 5.75 Å². The summed E-state index contributed by atoms with van der Waals surface area (Å²) in [7, 11) is 1.41. The molecule has 0 saturated carbocycles. The van der Waals surface area contributed by atoms with E-state index < -0.39 is 18.1 Å². The molecule has 0 radical (unpaired) electrons. The van der Waals surface area contributed by atoms with E-state index in [2.05, 4.69) is 12.0 Å². The molecule has 1 amide bonds. The van der Waals surface area contributed by atoms with Crippen LogP contribution < -0.4 is 10.2 Å². The molecule has 1 fully saturated rings. The molecule has 2 atom stereocenters. The summed E-state index contributed by atoms with van der Waals surface area (Å²) in [5, 5.41) is 1.14. The molecule has 7 heteroatoms. The Balaban J connectivity index is 2.41. The Morgan fingerprint density at radius 3 is 2.71 bits per heavy atom. The lowest BCUT2D eigenvalue weighted by Crippen LogP contribution is -2.52. The second-order valence-corrected chi connectivity index (χ2v) is 5.94. The highest BCUT2D eigenvalue weighted by Gasteiger charge is 2.44. The largest absolute Gasteiger partial charge is 0.496 e. The number of benzene rings is 1. The third-order valence-corrected chi connectivity index (χ3v) is 4.05. The molecule has 1 aliphatic rings. The monoisotopic (exact) mass is 340 g/mol. The van der Waals surface area contributed by atoms with Gasteiger partial charge >= 0.3 is 6.09 Å². The van der Waals surface area contributed by atoms with Gasteiger partial charge in [-0.15, -0.1) is 0 Å². The highest BCUT2D eigenvalue weighted by atomic mass is 19.3. The average molecular weight is 340 g/mol. The number of hydrogen-bond acceptors (Lipinski definition) is 4. The molecule has 0 unspecified atom stereocenters. The second-order valence-electron chi connectivity index (χ2n) is 5.94. The third-order valence-electron chi connectivity index (χ3n) is 4.05. The number of carbonyl (C=O) groups is 1. The number of nitrogens with zero attached hydrogens (tertiary/aromatic N) is 1. The van der Waals surface area contributed by atoms with E-state index >= 15 is 0 Å². The number of hydrogen-bond donors (Lipinski definition) is 1. The number of nitrogens with one attached hydrogen (secondary N) is 1. The van der Waals surface area contributed by atoms with Gasteiger partial charge in [0.2, 0.25) is 0 Å². The maximum atomic E-state index is 14.5. The van der Waals surface area contributed by atoms with Gasteiger partial charge in [0, 0.05) is 5.56 Å². The van der Waals surface area contributed by atoms with Crippen LogP contribution in [0.3, 0.4) is 0 Å². The summed E-state index contributed by atoms with van der Waals surface area (Å²) in [5.74, 6) is -2.97. The van der Waals surface area contributed by atoms with E-state index in [-0.39, 0.29) is 24.1 Å². The third kappa shape index (κ3) is 3.51. The minimum atomic E-state index is -3.31. The molecule has 5 nitrogen and oxygen atoms in total. The summed E-state index contributed by atoms with van der Waals surface area (Å²) in [6.07, 6.45) is -0.114. The van der Waals surface area contributed by atoms with Crippen LogP contribution in [0.4, 0.5) is 13.6 Å². The highest BCUT2D eigenvalue weighted by molar-refractivity contribution is 5.69. The number of rotatable bonds is 7. The fourth-order valence-electron chi connectivity index (χ4n) is 2.60. The van der Waals surface area contributed by atoms with Gasteiger partial charge in [0.1, 0.15) is 18.4 Å². The molecule has 0 bridgehead atoms.